The van der Waals surface area contributed by atoms with Crippen molar-refractivity contribution in [2.75, 3.05) is 26.2 Å². The molecular formula is C31H59N3O. The number of aliphatic hydroxyl groups excluding tert-OH is 1. The highest BCUT2D eigenvalue weighted by atomic mass is 16.3. The number of rotatable bonds is 9. The summed E-state index contributed by atoms with van der Waals surface area (Å²) in [6, 6.07) is 0. The second kappa shape index (κ2) is 12.9. The van der Waals surface area contributed by atoms with Crippen LogP contribution in [0.3, 0.4) is 0 Å². The van der Waals surface area contributed by atoms with Gasteiger partial charge in [0, 0.05) is 26.2 Å². The van der Waals surface area contributed by atoms with E-state index in [1.165, 1.54) is 57.8 Å². The molecular weight excluding hydrogens is 430 g/mol. The van der Waals surface area contributed by atoms with E-state index in [2.05, 4.69) is 46.0 Å². The minimum absolute atomic E-state index is 0.0766. The van der Waals surface area contributed by atoms with E-state index in [9.17, 15) is 5.11 Å². The van der Waals surface area contributed by atoms with Gasteiger partial charge in [0.05, 0.1) is 6.10 Å². The van der Waals surface area contributed by atoms with Crippen molar-refractivity contribution >= 4 is 0 Å². The molecule has 4 aliphatic rings. The summed E-state index contributed by atoms with van der Waals surface area (Å²) in [7, 11) is 0. The molecule has 1 unspecified atom stereocenters. The molecule has 0 spiro atoms. The van der Waals surface area contributed by atoms with Gasteiger partial charge in [0.1, 0.15) is 0 Å². The van der Waals surface area contributed by atoms with Gasteiger partial charge in [-0.2, -0.15) is 0 Å². The van der Waals surface area contributed by atoms with Gasteiger partial charge in [0.2, 0.25) is 0 Å². The second-order valence-corrected chi connectivity index (χ2v) is 13.5. The molecule has 4 nitrogen and oxygen atoms in total. The summed E-state index contributed by atoms with van der Waals surface area (Å²) in [4.78, 5) is 0. The average Bonchev–Trinajstić information content (AvgIpc) is 3.17. The smallest absolute Gasteiger partial charge is 0.0577 e. The molecule has 204 valence electrons. The lowest BCUT2D eigenvalue weighted by Gasteiger charge is -2.58. The molecule has 4 rings (SSSR count). The molecule has 4 aliphatic carbocycles. The van der Waals surface area contributed by atoms with E-state index >= 15 is 0 Å². The third-order valence-corrected chi connectivity index (χ3v) is 10.9. The van der Waals surface area contributed by atoms with Gasteiger partial charge in [0.15, 0.2) is 0 Å². The summed E-state index contributed by atoms with van der Waals surface area (Å²) in [6.45, 7) is 15.7. The molecule has 4 heteroatoms. The number of hydrogen-bond donors (Lipinski definition) is 4. The summed E-state index contributed by atoms with van der Waals surface area (Å²) in [5.41, 5.74) is 12.9. The number of fused-ring (bicyclic) bond motifs is 5. The van der Waals surface area contributed by atoms with Crippen LogP contribution in [0.2, 0.25) is 0 Å². The number of nitrogens with two attached hydrogens (primary N) is 2. The Morgan fingerprint density at radius 3 is 2.34 bits per heavy atom. The third kappa shape index (κ3) is 6.54. The van der Waals surface area contributed by atoms with Crippen molar-refractivity contribution in [1.29, 1.82) is 0 Å². The molecule has 0 aromatic rings. The SMILES string of the molecule is CC(C)CCCC(C)[C@H]1CC[C@H]2[C@@H]3CC=C4C[C@@H](O)CC[C@]4(C)[C@H]3CC[C@]12C.NCCNCCN. The van der Waals surface area contributed by atoms with Crippen LogP contribution in [0.4, 0.5) is 0 Å². The monoisotopic (exact) mass is 489 g/mol. The van der Waals surface area contributed by atoms with Gasteiger partial charge in [0.25, 0.3) is 0 Å². The molecule has 0 radical (unpaired) electrons. The number of nitrogens with one attached hydrogen (secondary N) is 1. The van der Waals surface area contributed by atoms with Crippen molar-refractivity contribution < 1.29 is 5.11 Å². The molecule has 0 bridgehead atoms. The van der Waals surface area contributed by atoms with Crippen LogP contribution < -0.4 is 16.8 Å². The summed E-state index contributed by atoms with van der Waals surface area (Å²) < 4.78 is 0. The zero-order valence-corrected chi connectivity index (χ0v) is 23.8. The Labute approximate surface area is 217 Å². The largest absolute Gasteiger partial charge is 0.393 e. The van der Waals surface area contributed by atoms with Crippen LogP contribution in [0, 0.1) is 46.3 Å². The summed E-state index contributed by atoms with van der Waals surface area (Å²) in [5.74, 6) is 5.46. The highest BCUT2D eigenvalue weighted by molar-refractivity contribution is 5.25. The fourth-order valence-corrected chi connectivity index (χ4v) is 9.00. The Kier molecular flexibility index (Phi) is 10.7. The maximum atomic E-state index is 10.2. The minimum Gasteiger partial charge on any atom is -0.393 e. The Balaban J connectivity index is 0.000000429. The topological polar surface area (TPSA) is 84.3 Å². The summed E-state index contributed by atoms with van der Waals surface area (Å²) >= 11 is 0. The van der Waals surface area contributed by atoms with Crippen molar-refractivity contribution in [2.24, 2.45) is 57.8 Å². The average molecular weight is 490 g/mol. The molecule has 3 saturated carbocycles. The Morgan fingerprint density at radius 1 is 0.971 bits per heavy atom. The fraction of sp³-hybridized carbons (Fsp3) is 0.935. The standard InChI is InChI=1S/C27H46O.C4H13N3/c1-18(2)7-6-8-19(3)23-11-12-24-22-10-9-20-17-21(28)13-15-26(20,4)25(22)14-16-27(23,24)5;5-1-3-7-4-2-6/h9,18-19,21-25,28H,6-8,10-17H2,1-5H3;7H,1-6H2/t19?,21-,22-,23+,24-,25-,26-,27+;/m0./s1. The van der Waals surface area contributed by atoms with E-state index in [0.29, 0.717) is 23.9 Å². The molecule has 0 aromatic heterocycles. The van der Waals surface area contributed by atoms with Crippen molar-refractivity contribution in [3.05, 3.63) is 11.6 Å². The highest BCUT2D eigenvalue weighted by Crippen LogP contribution is 2.67. The molecule has 0 heterocycles. The molecule has 35 heavy (non-hydrogen) atoms. The molecule has 0 aromatic carbocycles. The van der Waals surface area contributed by atoms with Gasteiger partial charge in [-0.05, 0) is 97.7 Å². The predicted molar refractivity (Wildman–Crippen MR) is 150 cm³/mol. The van der Waals surface area contributed by atoms with Crippen molar-refractivity contribution in [1.82, 2.24) is 5.32 Å². The second-order valence-electron chi connectivity index (χ2n) is 13.5. The first kappa shape index (κ1) is 29.1. The van der Waals surface area contributed by atoms with Gasteiger partial charge in [-0.1, -0.05) is 65.5 Å². The van der Waals surface area contributed by atoms with Crippen LogP contribution in [-0.4, -0.2) is 37.4 Å². The molecule has 3 fully saturated rings. The first-order valence-corrected chi connectivity index (χ1v) is 15.2. The van der Waals surface area contributed by atoms with Crippen molar-refractivity contribution in [3.8, 4) is 0 Å². The molecule has 0 saturated heterocycles. The maximum absolute atomic E-state index is 10.2. The van der Waals surface area contributed by atoms with Crippen LogP contribution in [-0.2, 0) is 0 Å². The van der Waals surface area contributed by atoms with E-state index in [0.717, 1.165) is 61.4 Å². The normalized spacial score (nSPS) is 39.1. The lowest BCUT2D eigenvalue weighted by molar-refractivity contribution is -0.0573. The lowest BCUT2D eigenvalue weighted by atomic mass is 9.47. The van der Waals surface area contributed by atoms with Crippen LogP contribution in [0.5, 0.6) is 0 Å². The Hall–Kier alpha value is -0.420. The Morgan fingerprint density at radius 2 is 1.69 bits per heavy atom. The minimum atomic E-state index is -0.0766. The number of allylic oxidation sites excluding steroid dienone is 1. The van der Waals surface area contributed by atoms with E-state index < -0.39 is 0 Å². The molecule has 6 N–H and O–H groups in total. The van der Waals surface area contributed by atoms with Gasteiger partial charge in [-0.15, -0.1) is 0 Å². The third-order valence-electron chi connectivity index (χ3n) is 10.9. The van der Waals surface area contributed by atoms with Crippen LogP contribution in [0.15, 0.2) is 11.6 Å². The summed E-state index contributed by atoms with van der Waals surface area (Å²) in [5, 5.41) is 13.2. The maximum Gasteiger partial charge on any atom is 0.0577 e. The van der Waals surface area contributed by atoms with Crippen molar-refractivity contribution in [3.63, 3.8) is 0 Å². The molecule has 0 amide bonds. The highest BCUT2D eigenvalue weighted by Gasteiger charge is 2.59. The lowest BCUT2D eigenvalue weighted by Crippen LogP contribution is -2.50. The fourth-order valence-electron chi connectivity index (χ4n) is 9.00. The van der Waals surface area contributed by atoms with Crippen molar-refractivity contribution in [2.45, 2.75) is 111 Å². The predicted octanol–water partition coefficient (Wildman–Crippen LogP) is 5.88. The first-order chi connectivity index (χ1) is 16.7. The van der Waals surface area contributed by atoms with Crippen LogP contribution in [0.25, 0.3) is 0 Å². The molecule has 0 aliphatic heterocycles. The van der Waals surface area contributed by atoms with E-state index in [4.69, 9.17) is 11.5 Å². The van der Waals surface area contributed by atoms with E-state index in [1.807, 2.05) is 0 Å². The van der Waals surface area contributed by atoms with E-state index in [-0.39, 0.29) is 6.10 Å². The molecule has 8 atom stereocenters. The van der Waals surface area contributed by atoms with Gasteiger partial charge in [-0.25, -0.2) is 0 Å². The van der Waals surface area contributed by atoms with Gasteiger partial charge < -0.3 is 21.9 Å². The number of aliphatic hydroxyl groups is 1. The van der Waals surface area contributed by atoms with Crippen LogP contribution in [0.1, 0.15) is 105 Å². The van der Waals surface area contributed by atoms with Crippen LogP contribution >= 0.6 is 0 Å². The quantitative estimate of drug-likeness (QED) is 0.241. The first-order valence-electron chi connectivity index (χ1n) is 15.2. The zero-order chi connectivity index (χ0) is 25.6. The summed E-state index contributed by atoms with van der Waals surface area (Å²) in [6.07, 6.45) is 17.2. The number of hydrogen-bond acceptors (Lipinski definition) is 4. The van der Waals surface area contributed by atoms with Gasteiger partial charge >= 0.3 is 0 Å². The zero-order valence-electron chi connectivity index (χ0n) is 23.8. The van der Waals surface area contributed by atoms with Gasteiger partial charge in [-0.3, -0.25) is 0 Å². The van der Waals surface area contributed by atoms with E-state index in [1.54, 1.807) is 5.57 Å². The Bertz CT molecular complexity index is 674.